The number of nitrogens with two attached hydrogens (primary N) is 1. The zero-order valence-corrected chi connectivity index (χ0v) is 10.5. The Morgan fingerprint density at radius 3 is 1.86 bits per heavy atom. The average Bonchev–Trinajstić information content (AvgIpc) is 1.98. The Labute approximate surface area is 88.3 Å². The molecule has 2 nitrogen and oxygen atoms in total. The van der Waals surface area contributed by atoms with Crippen LogP contribution in [0.15, 0.2) is 0 Å². The molecular weight excluding hydrogens is 174 g/mol. The van der Waals surface area contributed by atoms with Gasteiger partial charge in [-0.05, 0) is 17.3 Å². The number of rotatable bonds is 4. The largest absolute Gasteiger partial charge is 0.369 e. The summed E-state index contributed by atoms with van der Waals surface area (Å²) in [6.07, 6.45) is 1.95. The van der Waals surface area contributed by atoms with E-state index < -0.39 is 0 Å². The Morgan fingerprint density at radius 2 is 1.64 bits per heavy atom. The molecule has 14 heavy (non-hydrogen) atoms. The number of primary amides is 1. The highest BCUT2D eigenvalue weighted by atomic mass is 16.1. The molecule has 1 unspecified atom stereocenters. The van der Waals surface area contributed by atoms with Gasteiger partial charge in [-0.2, -0.15) is 0 Å². The monoisotopic (exact) mass is 199 g/mol. The molecule has 0 rings (SSSR count). The van der Waals surface area contributed by atoms with Crippen molar-refractivity contribution >= 4 is 5.91 Å². The Kier molecular flexibility index (Phi) is 4.16. The van der Waals surface area contributed by atoms with Gasteiger partial charge in [-0.25, -0.2) is 0 Å². The van der Waals surface area contributed by atoms with Crippen LogP contribution >= 0.6 is 0 Å². The van der Waals surface area contributed by atoms with E-state index in [1.54, 1.807) is 0 Å². The summed E-state index contributed by atoms with van der Waals surface area (Å²) in [5, 5.41) is 0. The molecule has 0 saturated carbocycles. The Balaban J connectivity index is 4.64. The molecule has 2 heteroatoms. The molecule has 0 aliphatic rings. The van der Waals surface area contributed by atoms with Gasteiger partial charge < -0.3 is 5.73 Å². The van der Waals surface area contributed by atoms with E-state index in [0.717, 1.165) is 12.8 Å². The molecule has 0 spiro atoms. The Morgan fingerprint density at radius 1 is 1.21 bits per heavy atom. The molecule has 0 aromatic heterocycles. The molecule has 0 radical (unpaired) electrons. The third-order valence-corrected chi connectivity index (χ3v) is 3.10. The van der Waals surface area contributed by atoms with Crippen LogP contribution in [0.3, 0.4) is 0 Å². The van der Waals surface area contributed by atoms with Gasteiger partial charge in [0.15, 0.2) is 0 Å². The molecule has 0 fully saturated rings. The first kappa shape index (κ1) is 13.5. The summed E-state index contributed by atoms with van der Waals surface area (Å²) in [6.45, 7) is 12.8. The molecule has 0 bridgehead atoms. The first-order valence-corrected chi connectivity index (χ1v) is 5.39. The van der Waals surface area contributed by atoms with Crippen LogP contribution in [0.25, 0.3) is 0 Å². The predicted molar refractivity (Wildman–Crippen MR) is 60.8 cm³/mol. The maximum atomic E-state index is 11.4. The van der Waals surface area contributed by atoms with E-state index in [9.17, 15) is 4.79 Å². The van der Waals surface area contributed by atoms with Gasteiger partial charge in [0.1, 0.15) is 0 Å². The minimum atomic E-state index is -0.168. The lowest BCUT2D eigenvalue weighted by atomic mass is 9.70. The topological polar surface area (TPSA) is 43.1 Å². The SMILES string of the molecule is CCC(C)(C)CC(C(N)=O)C(C)(C)C. The van der Waals surface area contributed by atoms with Crippen molar-refractivity contribution in [2.45, 2.75) is 54.4 Å². The Hall–Kier alpha value is -0.530. The molecule has 84 valence electrons. The molecule has 1 amide bonds. The van der Waals surface area contributed by atoms with Gasteiger partial charge in [0, 0.05) is 5.92 Å². The van der Waals surface area contributed by atoms with Gasteiger partial charge in [0.2, 0.25) is 5.91 Å². The zero-order valence-electron chi connectivity index (χ0n) is 10.5. The molecule has 0 heterocycles. The highest BCUT2D eigenvalue weighted by Crippen LogP contribution is 2.37. The van der Waals surface area contributed by atoms with Crippen LogP contribution in [0.5, 0.6) is 0 Å². The summed E-state index contributed by atoms with van der Waals surface area (Å²) >= 11 is 0. The maximum Gasteiger partial charge on any atom is 0.221 e. The second kappa shape index (κ2) is 4.33. The smallest absolute Gasteiger partial charge is 0.221 e. The average molecular weight is 199 g/mol. The number of hydrogen-bond donors (Lipinski definition) is 1. The van der Waals surface area contributed by atoms with E-state index in [0.29, 0.717) is 0 Å². The van der Waals surface area contributed by atoms with Crippen molar-refractivity contribution in [2.75, 3.05) is 0 Å². The number of carbonyl (C=O) groups is 1. The van der Waals surface area contributed by atoms with Crippen LogP contribution in [0.4, 0.5) is 0 Å². The van der Waals surface area contributed by atoms with Crippen molar-refractivity contribution < 1.29 is 4.79 Å². The Bertz CT molecular complexity index is 201. The molecule has 2 N–H and O–H groups in total. The lowest BCUT2D eigenvalue weighted by Crippen LogP contribution is -2.37. The summed E-state index contributed by atoms with van der Waals surface area (Å²) in [4.78, 5) is 11.4. The standard InChI is InChI=1S/C12H25NO/c1-7-12(5,6)8-9(10(13)14)11(2,3)4/h9H,7-8H2,1-6H3,(H2,13,14). The summed E-state index contributed by atoms with van der Waals surface area (Å²) < 4.78 is 0. The summed E-state index contributed by atoms with van der Waals surface area (Å²) in [5.41, 5.74) is 5.62. The normalized spacial score (nSPS) is 15.3. The minimum Gasteiger partial charge on any atom is -0.369 e. The lowest BCUT2D eigenvalue weighted by Gasteiger charge is -2.34. The highest BCUT2D eigenvalue weighted by Gasteiger charge is 2.34. The number of hydrogen-bond acceptors (Lipinski definition) is 1. The van der Waals surface area contributed by atoms with Crippen molar-refractivity contribution in [3.8, 4) is 0 Å². The molecule has 0 aromatic rings. The van der Waals surface area contributed by atoms with E-state index >= 15 is 0 Å². The first-order chi connectivity index (χ1) is 6.10. The van der Waals surface area contributed by atoms with Gasteiger partial charge in [0.05, 0.1) is 0 Å². The fourth-order valence-corrected chi connectivity index (χ4v) is 1.53. The fourth-order valence-electron chi connectivity index (χ4n) is 1.53. The van der Waals surface area contributed by atoms with Gasteiger partial charge in [-0.15, -0.1) is 0 Å². The van der Waals surface area contributed by atoms with E-state index in [1.807, 2.05) is 0 Å². The van der Waals surface area contributed by atoms with E-state index in [1.165, 1.54) is 0 Å². The van der Waals surface area contributed by atoms with Crippen LogP contribution in [0.1, 0.15) is 54.4 Å². The summed E-state index contributed by atoms with van der Waals surface area (Å²) in [7, 11) is 0. The number of carbonyl (C=O) groups excluding carboxylic acids is 1. The van der Waals surface area contributed by atoms with Gasteiger partial charge in [-0.3, -0.25) is 4.79 Å². The molecule has 0 aliphatic carbocycles. The third-order valence-electron chi connectivity index (χ3n) is 3.10. The molecule has 0 saturated heterocycles. The summed E-state index contributed by atoms with van der Waals surface area (Å²) in [5.74, 6) is -0.198. The van der Waals surface area contributed by atoms with Crippen molar-refractivity contribution in [2.24, 2.45) is 22.5 Å². The van der Waals surface area contributed by atoms with Crippen molar-refractivity contribution in [3.63, 3.8) is 0 Å². The lowest BCUT2D eigenvalue weighted by molar-refractivity contribution is -0.126. The van der Waals surface area contributed by atoms with E-state index in [-0.39, 0.29) is 22.7 Å². The quantitative estimate of drug-likeness (QED) is 0.743. The van der Waals surface area contributed by atoms with Crippen LogP contribution in [-0.2, 0) is 4.79 Å². The van der Waals surface area contributed by atoms with Crippen LogP contribution in [0.2, 0.25) is 0 Å². The number of amides is 1. The third kappa shape index (κ3) is 4.12. The van der Waals surface area contributed by atoms with E-state index in [4.69, 9.17) is 5.73 Å². The van der Waals surface area contributed by atoms with Crippen LogP contribution in [-0.4, -0.2) is 5.91 Å². The molecule has 1 atom stereocenters. The van der Waals surface area contributed by atoms with Crippen LogP contribution in [0, 0.1) is 16.7 Å². The zero-order chi connectivity index (χ0) is 11.6. The van der Waals surface area contributed by atoms with Gasteiger partial charge in [-0.1, -0.05) is 48.0 Å². The molecule has 0 aromatic carbocycles. The predicted octanol–water partition coefficient (Wildman–Crippen LogP) is 2.96. The van der Waals surface area contributed by atoms with Crippen molar-refractivity contribution in [1.29, 1.82) is 0 Å². The van der Waals surface area contributed by atoms with Crippen LogP contribution < -0.4 is 5.73 Å². The highest BCUT2D eigenvalue weighted by molar-refractivity contribution is 5.77. The summed E-state index contributed by atoms with van der Waals surface area (Å²) in [6, 6.07) is 0. The van der Waals surface area contributed by atoms with E-state index in [2.05, 4.69) is 41.5 Å². The van der Waals surface area contributed by atoms with Crippen molar-refractivity contribution in [1.82, 2.24) is 0 Å². The maximum absolute atomic E-state index is 11.4. The molecular formula is C12H25NO. The fraction of sp³-hybridized carbons (Fsp3) is 0.917. The van der Waals surface area contributed by atoms with Gasteiger partial charge >= 0.3 is 0 Å². The second-order valence-electron chi connectivity index (χ2n) is 6.04. The second-order valence-corrected chi connectivity index (χ2v) is 6.04. The first-order valence-electron chi connectivity index (χ1n) is 5.39. The minimum absolute atomic E-state index is 0.0295. The molecule has 0 aliphatic heterocycles. The van der Waals surface area contributed by atoms with Gasteiger partial charge in [0.25, 0.3) is 0 Å². The van der Waals surface area contributed by atoms with Crippen molar-refractivity contribution in [3.05, 3.63) is 0 Å².